The molecule has 0 spiro atoms. The maximum absolute atomic E-state index is 13.6. The van der Waals surface area contributed by atoms with Gasteiger partial charge in [-0.2, -0.15) is 4.31 Å². The van der Waals surface area contributed by atoms with Crippen LogP contribution in [0.5, 0.6) is 5.75 Å². The Balaban J connectivity index is 1.65. The van der Waals surface area contributed by atoms with Gasteiger partial charge in [0.2, 0.25) is 15.9 Å². The van der Waals surface area contributed by atoms with Gasteiger partial charge < -0.3 is 10.1 Å². The van der Waals surface area contributed by atoms with Crippen LogP contribution in [0.15, 0.2) is 76.5 Å². The third-order valence-corrected chi connectivity index (χ3v) is 10.3. The van der Waals surface area contributed by atoms with Crippen LogP contribution in [0.3, 0.4) is 0 Å². The van der Waals surface area contributed by atoms with Gasteiger partial charge in [-0.15, -0.1) is 0 Å². The lowest BCUT2D eigenvalue weighted by atomic mass is 10.2. The van der Waals surface area contributed by atoms with Gasteiger partial charge in [0.05, 0.1) is 28.3 Å². The standard InChI is InChI=1S/C28H33N3O6S2/c1-21-7-11-23(12-8-21)31(39(35,36)24-13-9-22(2)10-14-24)20-28(32)29-26-19-25(15-16-27(26)37-3)38(33,34)30-17-5-4-6-18-30/h7-16,19H,4-6,17-18,20H2,1-3H3,(H,29,32). The summed E-state index contributed by atoms with van der Waals surface area (Å²) in [5.41, 5.74) is 2.30. The normalized spacial score (nSPS) is 14.5. The number of nitrogens with one attached hydrogen (secondary N) is 1. The second kappa shape index (κ2) is 11.8. The van der Waals surface area contributed by atoms with Crippen LogP contribution in [-0.4, -0.2) is 53.8 Å². The van der Waals surface area contributed by atoms with Gasteiger partial charge in [0.15, 0.2) is 0 Å². The van der Waals surface area contributed by atoms with Gasteiger partial charge in [0, 0.05) is 13.1 Å². The summed E-state index contributed by atoms with van der Waals surface area (Å²) in [5.74, 6) is -0.402. The molecule has 11 heteroatoms. The van der Waals surface area contributed by atoms with Crippen molar-refractivity contribution in [3.8, 4) is 5.75 Å². The number of methoxy groups -OCH3 is 1. The summed E-state index contributed by atoms with van der Waals surface area (Å²) in [6.45, 7) is 4.09. The predicted molar refractivity (Wildman–Crippen MR) is 151 cm³/mol. The van der Waals surface area contributed by atoms with Crippen molar-refractivity contribution in [1.29, 1.82) is 0 Å². The first kappa shape index (κ1) is 28.6. The fraction of sp³-hybridized carbons (Fsp3) is 0.321. The Labute approximate surface area is 230 Å². The molecular weight excluding hydrogens is 538 g/mol. The number of anilines is 2. The molecule has 1 aliphatic heterocycles. The Morgan fingerprint density at radius 2 is 1.41 bits per heavy atom. The van der Waals surface area contributed by atoms with E-state index in [1.165, 1.54) is 41.7 Å². The Bertz CT molecular complexity index is 1530. The fourth-order valence-corrected chi connectivity index (χ4v) is 7.35. The average Bonchev–Trinajstić information content (AvgIpc) is 2.93. The zero-order valence-electron chi connectivity index (χ0n) is 22.3. The number of carbonyl (C=O) groups excluding carboxylic acids is 1. The van der Waals surface area contributed by atoms with Crippen LogP contribution in [-0.2, 0) is 24.8 Å². The lowest BCUT2D eigenvalue weighted by Gasteiger charge is -2.26. The number of piperidine rings is 1. The third-order valence-electron chi connectivity index (χ3n) is 6.62. The number of nitrogens with zero attached hydrogens (tertiary/aromatic N) is 2. The van der Waals surface area contributed by atoms with E-state index in [1.807, 2.05) is 13.8 Å². The molecule has 3 aromatic carbocycles. The molecule has 0 radical (unpaired) electrons. The van der Waals surface area contributed by atoms with Crippen molar-refractivity contribution in [2.24, 2.45) is 0 Å². The molecule has 4 rings (SSSR count). The van der Waals surface area contributed by atoms with Gasteiger partial charge >= 0.3 is 0 Å². The minimum absolute atomic E-state index is 0.0307. The van der Waals surface area contributed by atoms with E-state index in [0.717, 1.165) is 34.7 Å². The number of rotatable bonds is 9. The summed E-state index contributed by atoms with van der Waals surface area (Å²) < 4.78 is 61.5. The van der Waals surface area contributed by atoms with Crippen LogP contribution in [0.4, 0.5) is 11.4 Å². The first-order chi connectivity index (χ1) is 18.5. The van der Waals surface area contributed by atoms with Crippen LogP contribution in [0.2, 0.25) is 0 Å². The van der Waals surface area contributed by atoms with Crippen LogP contribution in [0, 0.1) is 13.8 Å². The molecule has 0 saturated carbocycles. The number of ether oxygens (including phenoxy) is 1. The summed E-state index contributed by atoms with van der Waals surface area (Å²) in [6, 6.07) is 17.5. The summed E-state index contributed by atoms with van der Waals surface area (Å²) in [4.78, 5) is 13.4. The van der Waals surface area contributed by atoms with E-state index in [2.05, 4.69) is 5.32 Å². The number of hydrogen-bond donors (Lipinski definition) is 1. The van der Waals surface area contributed by atoms with E-state index in [4.69, 9.17) is 4.74 Å². The van der Waals surface area contributed by atoms with Gasteiger partial charge in [-0.1, -0.05) is 41.8 Å². The predicted octanol–water partition coefficient (Wildman–Crippen LogP) is 4.32. The van der Waals surface area contributed by atoms with E-state index >= 15 is 0 Å². The number of sulfonamides is 2. The van der Waals surface area contributed by atoms with E-state index in [9.17, 15) is 21.6 Å². The third kappa shape index (κ3) is 6.43. The molecule has 3 aromatic rings. The van der Waals surface area contributed by atoms with Crippen molar-refractivity contribution in [3.63, 3.8) is 0 Å². The van der Waals surface area contributed by atoms with Crippen molar-refractivity contribution in [3.05, 3.63) is 77.9 Å². The van der Waals surface area contributed by atoms with Crippen molar-refractivity contribution in [2.45, 2.75) is 42.9 Å². The minimum atomic E-state index is -4.09. The Morgan fingerprint density at radius 3 is 2.00 bits per heavy atom. The first-order valence-corrected chi connectivity index (χ1v) is 15.5. The van der Waals surface area contributed by atoms with E-state index in [0.29, 0.717) is 18.8 Å². The number of aryl methyl sites for hydroxylation is 2. The molecule has 208 valence electrons. The Morgan fingerprint density at radius 1 is 0.846 bits per heavy atom. The molecule has 1 fully saturated rings. The van der Waals surface area contributed by atoms with Crippen LogP contribution >= 0.6 is 0 Å². The number of carbonyl (C=O) groups is 1. The lowest BCUT2D eigenvalue weighted by molar-refractivity contribution is -0.114. The van der Waals surface area contributed by atoms with Crippen molar-refractivity contribution >= 4 is 37.3 Å². The molecule has 0 aromatic heterocycles. The highest BCUT2D eigenvalue weighted by Gasteiger charge is 2.29. The monoisotopic (exact) mass is 571 g/mol. The van der Waals surface area contributed by atoms with E-state index in [-0.39, 0.29) is 21.2 Å². The maximum Gasteiger partial charge on any atom is 0.264 e. The molecule has 39 heavy (non-hydrogen) atoms. The van der Waals surface area contributed by atoms with Crippen LogP contribution in [0.25, 0.3) is 0 Å². The lowest BCUT2D eigenvalue weighted by Crippen LogP contribution is -2.38. The largest absolute Gasteiger partial charge is 0.495 e. The summed E-state index contributed by atoms with van der Waals surface area (Å²) in [5, 5.41) is 2.67. The molecule has 1 heterocycles. The SMILES string of the molecule is COc1ccc(S(=O)(=O)N2CCCCC2)cc1NC(=O)CN(c1ccc(C)cc1)S(=O)(=O)c1ccc(C)cc1. The molecule has 1 N–H and O–H groups in total. The van der Waals surface area contributed by atoms with Gasteiger partial charge in [-0.25, -0.2) is 16.8 Å². The van der Waals surface area contributed by atoms with Gasteiger partial charge in [0.25, 0.3) is 10.0 Å². The molecule has 9 nitrogen and oxygen atoms in total. The first-order valence-electron chi connectivity index (χ1n) is 12.7. The molecule has 0 atom stereocenters. The summed E-state index contributed by atoms with van der Waals surface area (Å²) >= 11 is 0. The van der Waals surface area contributed by atoms with Gasteiger partial charge in [0.1, 0.15) is 12.3 Å². The molecule has 1 aliphatic rings. The maximum atomic E-state index is 13.6. The molecule has 0 aliphatic carbocycles. The number of benzene rings is 3. The summed E-state index contributed by atoms with van der Waals surface area (Å²) in [7, 11) is -6.45. The van der Waals surface area contributed by atoms with E-state index < -0.39 is 32.5 Å². The number of hydrogen-bond acceptors (Lipinski definition) is 6. The van der Waals surface area contributed by atoms with Crippen LogP contribution in [0.1, 0.15) is 30.4 Å². The second-order valence-corrected chi connectivity index (χ2v) is 13.3. The van der Waals surface area contributed by atoms with Crippen LogP contribution < -0.4 is 14.4 Å². The minimum Gasteiger partial charge on any atom is -0.495 e. The fourth-order valence-electron chi connectivity index (χ4n) is 4.38. The van der Waals surface area contributed by atoms with Crippen molar-refractivity contribution in [1.82, 2.24) is 4.31 Å². The highest BCUT2D eigenvalue weighted by Crippen LogP contribution is 2.31. The van der Waals surface area contributed by atoms with Gasteiger partial charge in [-0.3, -0.25) is 9.10 Å². The van der Waals surface area contributed by atoms with E-state index in [1.54, 1.807) is 36.4 Å². The summed E-state index contributed by atoms with van der Waals surface area (Å²) in [6.07, 6.45) is 2.57. The topological polar surface area (TPSA) is 113 Å². The molecule has 1 amide bonds. The van der Waals surface area contributed by atoms with Crippen molar-refractivity contribution in [2.75, 3.05) is 36.4 Å². The molecule has 0 unspecified atom stereocenters. The highest BCUT2D eigenvalue weighted by atomic mass is 32.2. The molecule has 0 bridgehead atoms. The Kier molecular flexibility index (Phi) is 8.63. The smallest absolute Gasteiger partial charge is 0.264 e. The zero-order valence-corrected chi connectivity index (χ0v) is 23.9. The second-order valence-electron chi connectivity index (χ2n) is 9.54. The quantitative estimate of drug-likeness (QED) is 0.409. The highest BCUT2D eigenvalue weighted by molar-refractivity contribution is 7.92. The van der Waals surface area contributed by atoms with Gasteiger partial charge in [-0.05, 0) is 69.2 Å². The molecular formula is C28H33N3O6S2. The Hall–Kier alpha value is -3.41. The number of amides is 1. The molecule has 1 saturated heterocycles. The van der Waals surface area contributed by atoms with Crippen molar-refractivity contribution < 1.29 is 26.4 Å². The average molecular weight is 572 g/mol. The zero-order chi connectivity index (χ0) is 28.2.